The van der Waals surface area contributed by atoms with Crippen molar-refractivity contribution in [1.29, 1.82) is 0 Å². The Hall–Kier alpha value is -0.720. The zero-order chi connectivity index (χ0) is 17.4. The van der Waals surface area contributed by atoms with E-state index in [-0.39, 0.29) is 18.6 Å². The minimum Gasteiger partial charge on any atom is -0.462 e. The van der Waals surface area contributed by atoms with Gasteiger partial charge in [0.15, 0.2) is 0 Å². The van der Waals surface area contributed by atoms with Crippen molar-refractivity contribution < 1.29 is 32.9 Å². The Morgan fingerprint density at radius 2 is 1.82 bits per heavy atom. The molecule has 22 heavy (non-hydrogen) atoms. The minimum atomic E-state index is -4.44. The number of quaternary nitrogens is 1. The summed E-state index contributed by atoms with van der Waals surface area (Å²) in [5.74, 6) is -0.376. The first-order valence-corrected chi connectivity index (χ1v) is 8.80. The third kappa shape index (κ3) is 10.9. The van der Waals surface area contributed by atoms with Crippen LogP contribution in [0.3, 0.4) is 0 Å². The number of carbonyl (C=O) groups is 1. The molecule has 0 saturated carbocycles. The Morgan fingerprint density at radius 1 is 1.23 bits per heavy atom. The molecule has 0 aliphatic heterocycles. The van der Waals surface area contributed by atoms with Gasteiger partial charge in [-0.05, 0) is 26.2 Å². The van der Waals surface area contributed by atoms with Crippen LogP contribution in [0, 0.1) is 0 Å². The summed E-state index contributed by atoms with van der Waals surface area (Å²) in [7, 11) is 1.45. The van der Waals surface area contributed by atoms with Crippen LogP contribution in [0.5, 0.6) is 0 Å². The van der Waals surface area contributed by atoms with Crippen LogP contribution < -0.4 is 0 Å². The summed E-state index contributed by atoms with van der Waals surface area (Å²) in [5.41, 5.74) is 0.389. The first-order valence-electron chi connectivity index (χ1n) is 7.27. The van der Waals surface area contributed by atoms with E-state index in [1.54, 1.807) is 6.92 Å². The second kappa shape index (κ2) is 9.43. The Balaban J connectivity index is 4.02. The van der Waals surface area contributed by atoms with E-state index in [2.05, 4.69) is 11.1 Å². The molecule has 7 nitrogen and oxygen atoms in total. The van der Waals surface area contributed by atoms with E-state index in [1.807, 2.05) is 21.1 Å². The summed E-state index contributed by atoms with van der Waals surface area (Å²) in [6, 6.07) is -0.00871. The van der Waals surface area contributed by atoms with E-state index in [0.29, 0.717) is 16.7 Å². The zero-order valence-corrected chi connectivity index (χ0v) is 14.8. The van der Waals surface area contributed by atoms with Crippen molar-refractivity contribution >= 4 is 13.8 Å². The molecule has 0 aromatic carbocycles. The highest BCUT2D eigenvalue weighted by molar-refractivity contribution is 7.46. The van der Waals surface area contributed by atoms with Gasteiger partial charge < -0.3 is 19.0 Å². The number of hydrogen-bond donors (Lipinski definition) is 2. The van der Waals surface area contributed by atoms with Crippen LogP contribution in [0.1, 0.15) is 32.6 Å². The summed E-state index contributed by atoms with van der Waals surface area (Å²) in [5, 5.41) is 0. The van der Waals surface area contributed by atoms with Crippen molar-refractivity contribution in [2.24, 2.45) is 0 Å². The van der Waals surface area contributed by atoms with E-state index in [0.717, 1.165) is 25.7 Å². The molecule has 0 rings (SSSR count). The van der Waals surface area contributed by atoms with Crippen molar-refractivity contribution in [2.45, 2.75) is 38.6 Å². The molecule has 0 aromatic rings. The predicted molar refractivity (Wildman–Crippen MR) is 84.1 cm³/mol. The molecule has 130 valence electrons. The molecule has 1 unspecified atom stereocenters. The van der Waals surface area contributed by atoms with E-state index in [9.17, 15) is 9.36 Å². The smallest absolute Gasteiger partial charge is 0.462 e. The van der Waals surface area contributed by atoms with E-state index >= 15 is 0 Å². The molecule has 0 heterocycles. The number of unbranched alkanes of at least 4 members (excludes halogenated alkanes) is 2. The third-order valence-electron chi connectivity index (χ3n) is 3.29. The van der Waals surface area contributed by atoms with Crippen molar-refractivity contribution in [3.8, 4) is 0 Å². The number of likely N-dealkylation sites (N-methyl/N-ethyl adjacent to an activating group) is 1. The minimum absolute atomic E-state index is 0.00871. The van der Waals surface area contributed by atoms with Gasteiger partial charge in [0.05, 0.1) is 27.7 Å². The topological polar surface area (TPSA) is 93.1 Å². The molecule has 8 heteroatoms. The molecular formula is C14H29NO6P+. The van der Waals surface area contributed by atoms with Crippen LogP contribution in [-0.4, -0.2) is 60.6 Å². The average Bonchev–Trinajstić information content (AvgIpc) is 2.33. The largest absolute Gasteiger partial charge is 0.469 e. The van der Waals surface area contributed by atoms with Gasteiger partial charge in [-0.2, -0.15) is 0 Å². The molecule has 0 spiro atoms. The Kier molecular flexibility index (Phi) is 9.12. The fraction of sp³-hybridized carbons (Fsp3) is 0.786. The Bertz CT molecular complexity index is 412. The molecule has 0 aromatic heterocycles. The van der Waals surface area contributed by atoms with Gasteiger partial charge in [-0.25, -0.2) is 9.36 Å². The summed E-state index contributed by atoms with van der Waals surface area (Å²) in [6.07, 6.45) is 3.27. The molecule has 0 radical (unpaired) electrons. The molecule has 0 fully saturated rings. The molecule has 0 amide bonds. The van der Waals surface area contributed by atoms with Crippen LogP contribution in [-0.2, 0) is 18.6 Å². The molecule has 0 aliphatic carbocycles. The first kappa shape index (κ1) is 21.3. The Morgan fingerprint density at radius 3 is 2.27 bits per heavy atom. The second-order valence-corrected chi connectivity index (χ2v) is 7.56. The SMILES string of the molecule is C=C(C)C(=O)OCCCCCC(COP(=O)(O)O)[N+](C)(C)C. The van der Waals surface area contributed by atoms with E-state index in [4.69, 9.17) is 14.5 Å². The fourth-order valence-electron chi connectivity index (χ4n) is 1.82. The van der Waals surface area contributed by atoms with E-state index < -0.39 is 7.82 Å². The predicted octanol–water partition coefficient (Wildman–Crippen LogP) is 1.85. The lowest BCUT2D eigenvalue weighted by Gasteiger charge is -2.34. The highest BCUT2D eigenvalue weighted by atomic mass is 31.2. The van der Waals surface area contributed by atoms with Gasteiger partial charge >= 0.3 is 13.8 Å². The molecular weight excluding hydrogens is 309 g/mol. The maximum Gasteiger partial charge on any atom is 0.469 e. The molecule has 2 N–H and O–H groups in total. The van der Waals surface area contributed by atoms with Crippen LogP contribution in [0.4, 0.5) is 0 Å². The van der Waals surface area contributed by atoms with Crippen LogP contribution in [0.2, 0.25) is 0 Å². The van der Waals surface area contributed by atoms with Gasteiger partial charge in [0.1, 0.15) is 12.6 Å². The second-order valence-electron chi connectivity index (χ2n) is 6.32. The highest BCUT2D eigenvalue weighted by Crippen LogP contribution is 2.36. The normalized spacial score (nSPS) is 13.7. The quantitative estimate of drug-likeness (QED) is 0.196. The van der Waals surface area contributed by atoms with Gasteiger partial charge in [0, 0.05) is 12.0 Å². The maximum absolute atomic E-state index is 11.2. The first-order chi connectivity index (χ1) is 9.93. The van der Waals surface area contributed by atoms with Crippen molar-refractivity contribution in [3.63, 3.8) is 0 Å². The number of esters is 1. The number of phosphoric ester groups is 1. The maximum atomic E-state index is 11.2. The van der Waals surface area contributed by atoms with Crippen molar-refractivity contribution in [3.05, 3.63) is 12.2 Å². The fourth-order valence-corrected chi connectivity index (χ4v) is 2.19. The standard InChI is InChI=1S/C14H28NO6P/c1-12(2)14(16)20-10-8-6-7-9-13(15(3,4)5)11-21-22(17,18)19/h13H,1,6-11H2,2-5H3,(H-,17,18,19)/p+1. The van der Waals surface area contributed by atoms with Gasteiger partial charge in [-0.3, -0.25) is 4.52 Å². The number of rotatable bonds is 11. The number of carbonyl (C=O) groups excluding carboxylic acids is 1. The van der Waals surface area contributed by atoms with E-state index in [1.165, 1.54) is 0 Å². The lowest BCUT2D eigenvalue weighted by molar-refractivity contribution is -0.896. The number of phosphoric acid groups is 1. The highest BCUT2D eigenvalue weighted by Gasteiger charge is 2.27. The van der Waals surface area contributed by atoms with Gasteiger partial charge in [-0.15, -0.1) is 0 Å². The van der Waals surface area contributed by atoms with Crippen molar-refractivity contribution in [2.75, 3.05) is 34.4 Å². The lowest BCUT2D eigenvalue weighted by Crippen LogP contribution is -2.47. The molecule has 1 atom stereocenters. The summed E-state index contributed by atoms with van der Waals surface area (Å²) >= 11 is 0. The number of hydrogen-bond acceptors (Lipinski definition) is 4. The van der Waals surface area contributed by atoms with Gasteiger partial charge in [0.25, 0.3) is 0 Å². The monoisotopic (exact) mass is 338 g/mol. The number of ether oxygens (including phenoxy) is 1. The average molecular weight is 338 g/mol. The molecule has 0 saturated heterocycles. The molecule has 0 aliphatic rings. The summed E-state index contributed by atoms with van der Waals surface area (Å²) in [4.78, 5) is 28.8. The Labute approximate surface area is 132 Å². The van der Waals surface area contributed by atoms with Crippen molar-refractivity contribution in [1.82, 2.24) is 0 Å². The summed E-state index contributed by atoms with van der Waals surface area (Å²) in [6.45, 7) is 5.49. The zero-order valence-electron chi connectivity index (χ0n) is 13.9. The van der Waals surface area contributed by atoms with Crippen LogP contribution in [0.15, 0.2) is 12.2 Å². The molecule has 0 bridgehead atoms. The van der Waals surface area contributed by atoms with Crippen LogP contribution in [0.25, 0.3) is 0 Å². The van der Waals surface area contributed by atoms with Gasteiger partial charge in [0.2, 0.25) is 0 Å². The van der Waals surface area contributed by atoms with Crippen LogP contribution >= 0.6 is 7.82 Å². The van der Waals surface area contributed by atoms with Gasteiger partial charge in [-0.1, -0.05) is 6.58 Å². The lowest BCUT2D eigenvalue weighted by atomic mass is 10.1. The summed E-state index contributed by atoms with van der Waals surface area (Å²) < 4.78 is 21.0. The third-order valence-corrected chi connectivity index (χ3v) is 3.78. The number of nitrogens with zero attached hydrogens (tertiary/aromatic N) is 1.